The molecule has 0 saturated carbocycles. The van der Waals surface area contributed by atoms with Crippen LogP contribution in [0.15, 0.2) is 36.0 Å². The molecule has 16 heavy (non-hydrogen) atoms. The summed E-state index contributed by atoms with van der Waals surface area (Å²) in [5, 5.41) is 0. The van der Waals surface area contributed by atoms with Crippen LogP contribution in [-0.2, 0) is 9.53 Å². The summed E-state index contributed by atoms with van der Waals surface area (Å²) in [6.07, 6.45) is 9.89. The maximum atomic E-state index is 12.2. The lowest BCUT2D eigenvalue weighted by atomic mass is 10.1. The van der Waals surface area contributed by atoms with E-state index in [0.717, 1.165) is 5.57 Å². The Kier molecular flexibility index (Phi) is 3.57. The van der Waals surface area contributed by atoms with Gasteiger partial charge in [-0.15, -0.1) is 0 Å². The number of hydrogen-bond acceptors (Lipinski definition) is 2. The van der Waals surface area contributed by atoms with Crippen molar-refractivity contribution in [3.05, 3.63) is 36.0 Å². The van der Waals surface area contributed by atoms with Crippen molar-refractivity contribution < 1.29 is 9.53 Å². The molecule has 0 aromatic heterocycles. The van der Waals surface area contributed by atoms with E-state index in [-0.39, 0.29) is 5.91 Å². The predicted molar refractivity (Wildman–Crippen MR) is 62.9 cm³/mol. The smallest absolute Gasteiger partial charge is 0.253 e. The second-order valence-electron chi connectivity index (χ2n) is 4.13. The topological polar surface area (TPSA) is 29.5 Å². The minimum atomic E-state index is 0.120. The van der Waals surface area contributed by atoms with Gasteiger partial charge in [0.05, 0.1) is 13.2 Å². The first-order valence-electron chi connectivity index (χ1n) is 5.71. The SMILES string of the molecule is CC1C=CC=CC(C(=O)N2CCOCC2)=C1. The van der Waals surface area contributed by atoms with E-state index in [0.29, 0.717) is 32.2 Å². The summed E-state index contributed by atoms with van der Waals surface area (Å²) in [5.41, 5.74) is 0.791. The Morgan fingerprint density at radius 3 is 2.88 bits per heavy atom. The number of nitrogens with zero attached hydrogens (tertiary/aromatic N) is 1. The molecule has 0 spiro atoms. The van der Waals surface area contributed by atoms with E-state index >= 15 is 0 Å². The van der Waals surface area contributed by atoms with Gasteiger partial charge in [0.2, 0.25) is 0 Å². The Hall–Kier alpha value is -1.35. The van der Waals surface area contributed by atoms with E-state index in [2.05, 4.69) is 13.0 Å². The van der Waals surface area contributed by atoms with Crippen LogP contribution in [0.1, 0.15) is 6.92 Å². The molecule has 3 nitrogen and oxygen atoms in total. The molecule has 0 radical (unpaired) electrons. The summed E-state index contributed by atoms with van der Waals surface area (Å²) in [6, 6.07) is 0. The largest absolute Gasteiger partial charge is 0.378 e. The van der Waals surface area contributed by atoms with E-state index in [9.17, 15) is 4.79 Å². The van der Waals surface area contributed by atoms with Gasteiger partial charge in [-0.3, -0.25) is 4.79 Å². The number of allylic oxidation sites excluding steroid dienone is 4. The Labute approximate surface area is 96.1 Å². The van der Waals surface area contributed by atoms with Gasteiger partial charge in [0.1, 0.15) is 0 Å². The van der Waals surface area contributed by atoms with Crippen molar-refractivity contribution in [2.45, 2.75) is 6.92 Å². The van der Waals surface area contributed by atoms with Crippen LogP contribution in [0.3, 0.4) is 0 Å². The highest BCUT2D eigenvalue weighted by molar-refractivity contribution is 5.96. The molecule has 1 amide bonds. The Morgan fingerprint density at radius 1 is 1.38 bits per heavy atom. The van der Waals surface area contributed by atoms with Crippen molar-refractivity contribution in [3.63, 3.8) is 0 Å². The molecule has 0 aromatic carbocycles. The first kappa shape index (κ1) is 11.1. The Bertz CT molecular complexity index is 349. The van der Waals surface area contributed by atoms with Gasteiger partial charge in [0.25, 0.3) is 5.91 Å². The molecular weight excluding hydrogens is 202 g/mol. The van der Waals surface area contributed by atoms with Crippen molar-refractivity contribution >= 4 is 5.91 Å². The third kappa shape index (κ3) is 2.61. The highest BCUT2D eigenvalue weighted by atomic mass is 16.5. The molecule has 2 aliphatic rings. The minimum absolute atomic E-state index is 0.120. The van der Waals surface area contributed by atoms with Gasteiger partial charge < -0.3 is 9.64 Å². The van der Waals surface area contributed by atoms with Gasteiger partial charge in [-0.2, -0.15) is 0 Å². The van der Waals surface area contributed by atoms with Gasteiger partial charge in [-0.1, -0.05) is 31.2 Å². The highest BCUT2D eigenvalue weighted by Gasteiger charge is 2.19. The molecule has 3 heteroatoms. The molecule has 0 aromatic rings. The zero-order valence-electron chi connectivity index (χ0n) is 9.56. The monoisotopic (exact) mass is 219 g/mol. The van der Waals surface area contributed by atoms with E-state index in [1.807, 2.05) is 29.2 Å². The molecule has 1 heterocycles. The minimum Gasteiger partial charge on any atom is -0.378 e. The lowest BCUT2D eigenvalue weighted by Gasteiger charge is -2.27. The van der Waals surface area contributed by atoms with Crippen LogP contribution >= 0.6 is 0 Å². The molecule has 1 unspecified atom stereocenters. The van der Waals surface area contributed by atoms with E-state index in [1.165, 1.54) is 0 Å². The fourth-order valence-electron chi connectivity index (χ4n) is 1.88. The summed E-state index contributed by atoms with van der Waals surface area (Å²) in [4.78, 5) is 14.0. The van der Waals surface area contributed by atoms with Crippen LogP contribution in [0.5, 0.6) is 0 Å². The standard InChI is InChI=1S/C13H17NO2/c1-11-4-2-3-5-12(10-11)13(15)14-6-8-16-9-7-14/h2-5,10-11H,6-9H2,1H3. The van der Waals surface area contributed by atoms with Gasteiger partial charge in [-0.25, -0.2) is 0 Å². The molecule has 1 aliphatic carbocycles. The molecule has 1 aliphatic heterocycles. The quantitative estimate of drug-likeness (QED) is 0.669. The highest BCUT2D eigenvalue weighted by Crippen LogP contribution is 2.14. The van der Waals surface area contributed by atoms with Crippen LogP contribution in [0, 0.1) is 5.92 Å². The second kappa shape index (κ2) is 5.12. The Morgan fingerprint density at radius 2 is 2.12 bits per heavy atom. The lowest BCUT2D eigenvalue weighted by molar-refractivity contribution is -0.130. The van der Waals surface area contributed by atoms with Crippen LogP contribution < -0.4 is 0 Å². The number of carbonyl (C=O) groups is 1. The fraction of sp³-hybridized carbons (Fsp3) is 0.462. The number of amides is 1. The summed E-state index contributed by atoms with van der Waals surface area (Å²) in [6.45, 7) is 4.78. The van der Waals surface area contributed by atoms with E-state index in [4.69, 9.17) is 4.74 Å². The molecule has 0 N–H and O–H groups in total. The average Bonchev–Trinajstić information content (AvgIpc) is 2.54. The maximum absolute atomic E-state index is 12.2. The van der Waals surface area contributed by atoms with Crippen LogP contribution in [0.4, 0.5) is 0 Å². The van der Waals surface area contributed by atoms with Crippen LogP contribution in [-0.4, -0.2) is 37.1 Å². The number of rotatable bonds is 1. The Balaban J connectivity index is 2.08. The average molecular weight is 219 g/mol. The molecule has 1 saturated heterocycles. The molecule has 1 atom stereocenters. The van der Waals surface area contributed by atoms with Crippen molar-refractivity contribution in [2.24, 2.45) is 5.92 Å². The summed E-state index contributed by atoms with van der Waals surface area (Å²) in [5.74, 6) is 0.435. The molecule has 2 rings (SSSR count). The van der Waals surface area contributed by atoms with Gasteiger partial charge >= 0.3 is 0 Å². The van der Waals surface area contributed by atoms with Gasteiger partial charge in [0.15, 0.2) is 0 Å². The third-order valence-corrected chi connectivity index (χ3v) is 2.79. The van der Waals surface area contributed by atoms with Crippen LogP contribution in [0.25, 0.3) is 0 Å². The van der Waals surface area contributed by atoms with Crippen molar-refractivity contribution in [1.29, 1.82) is 0 Å². The second-order valence-corrected chi connectivity index (χ2v) is 4.13. The predicted octanol–water partition coefficient (Wildman–Crippen LogP) is 1.53. The first-order valence-corrected chi connectivity index (χ1v) is 5.71. The third-order valence-electron chi connectivity index (χ3n) is 2.79. The summed E-state index contributed by atoms with van der Waals surface area (Å²) < 4.78 is 5.24. The molecular formula is C13H17NO2. The maximum Gasteiger partial charge on any atom is 0.253 e. The zero-order chi connectivity index (χ0) is 11.4. The summed E-state index contributed by atoms with van der Waals surface area (Å²) in [7, 11) is 0. The van der Waals surface area contributed by atoms with Gasteiger partial charge in [0, 0.05) is 18.7 Å². The number of morpholine rings is 1. The normalized spacial score (nSPS) is 25.2. The number of hydrogen-bond donors (Lipinski definition) is 0. The lowest BCUT2D eigenvalue weighted by Crippen LogP contribution is -2.41. The first-order chi connectivity index (χ1) is 7.77. The number of carbonyl (C=O) groups excluding carboxylic acids is 1. The van der Waals surface area contributed by atoms with E-state index in [1.54, 1.807) is 0 Å². The molecule has 0 bridgehead atoms. The number of ether oxygens (including phenoxy) is 1. The van der Waals surface area contributed by atoms with E-state index < -0.39 is 0 Å². The zero-order valence-corrected chi connectivity index (χ0v) is 9.56. The van der Waals surface area contributed by atoms with Gasteiger partial charge in [-0.05, 0) is 12.0 Å². The fourth-order valence-corrected chi connectivity index (χ4v) is 1.88. The van der Waals surface area contributed by atoms with Crippen molar-refractivity contribution in [3.8, 4) is 0 Å². The van der Waals surface area contributed by atoms with Crippen LogP contribution in [0.2, 0.25) is 0 Å². The van der Waals surface area contributed by atoms with Crippen molar-refractivity contribution in [2.75, 3.05) is 26.3 Å². The molecule has 86 valence electrons. The van der Waals surface area contributed by atoms with Crippen molar-refractivity contribution in [1.82, 2.24) is 4.90 Å². The summed E-state index contributed by atoms with van der Waals surface area (Å²) >= 11 is 0. The molecule has 1 fully saturated rings.